The molecule has 0 heterocycles. The van der Waals surface area contributed by atoms with E-state index in [0.29, 0.717) is 3.57 Å². The van der Waals surface area contributed by atoms with E-state index in [-0.39, 0.29) is 10.5 Å². The van der Waals surface area contributed by atoms with Crippen LogP contribution in [0, 0.1) is 18.5 Å². The standard InChI is InChI=1S/C7H2ClI2NO2S/c8-14(12,13)6-2-1-5(9)7(10)4(6)3-11/h1-2H. The molecule has 3 nitrogen and oxygen atoms in total. The van der Waals surface area contributed by atoms with Crippen molar-refractivity contribution in [3.63, 3.8) is 0 Å². The summed E-state index contributed by atoms with van der Waals surface area (Å²) in [5, 5.41) is 8.81. The van der Waals surface area contributed by atoms with E-state index in [1.54, 1.807) is 6.07 Å². The predicted molar refractivity (Wildman–Crippen MR) is 69.6 cm³/mol. The van der Waals surface area contributed by atoms with Crippen molar-refractivity contribution in [1.82, 2.24) is 0 Å². The quantitative estimate of drug-likeness (QED) is 0.486. The lowest BCUT2D eigenvalue weighted by Crippen LogP contribution is -1.99. The van der Waals surface area contributed by atoms with Crippen molar-refractivity contribution in [3.8, 4) is 6.07 Å². The Labute approximate surface area is 113 Å². The summed E-state index contributed by atoms with van der Waals surface area (Å²) in [5.41, 5.74) is 0.104. The van der Waals surface area contributed by atoms with Crippen LogP contribution in [-0.2, 0) is 9.05 Å². The molecule has 0 fully saturated rings. The van der Waals surface area contributed by atoms with E-state index in [2.05, 4.69) is 0 Å². The molecule has 1 aromatic carbocycles. The SMILES string of the molecule is N#Cc1c(S(=O)(=O)Cl)ccc(I)c1I. The zero-order valence-corrected chi connectivity index (χ0v) is 12.3. The summed E-state index contributed by atoms with van der Waals surface area (Å²) in [6.45, 7) is 0. The first-order valence-electron chi connectivity index (χ1n) is 3.20. The number of hydrogen-bond donors (Lipinski definition) is 0. The zero-order valence-electron chi connectivity index (χ0n) is 6.46. The first kappa shape index (κ1) is 12.5. The van der Waals surface area contributed by atoms with E-state index in [4.69, 9.17) is 15.9 Å². The van der Waals surface area contributed by atoms with Gasteiger partial charge in [-0.25, -0.2) is 8.42 Å². The van der Waals surface area contributed by atoms with Gasteiger partial charge in [0.15, 0.2) is 0 Å². The molecule has 0 atom stereocenters. The van der Waals surface area contributed by atoms with Crippen LogP contribution in [0.5, 0.6) is 0 Å². The smallest absolute Gasteiger partial charge is 0.207 e. The lowest BCUT2D eigenvalue weighted by molar-refractivity contribution is 0.609. The highest BCUT2D eigenvalue weighted by atomic mass is 127. The number of benzene rings is 1. The van der Waals surface area contributed by atoms with Crippen molar-refractivity contribution in [2.75, 3.05) is 0 Å². The Balaban J connectivity index is 3.66. The molecule has 0 aliphatic rings. The summed E-state index contributed by atoms with van der Waals surface area (Å²) < 4.78 is 23.6. The topological polar surface area (TPSA) is 57.9 Å². The fourth-order valence-electron chi connectivity index (χ4n) is 0.840. The molecule has 0 aliphatic heterocycles. The monoisotopic (exact) mass is 453 g/mol. The molecule has 0 saturated heterocycles. The summed E-state index contributed by atoms with van der Waals surface area (Å²) >= 11 is 3.94. The van der Waals surface area contributed by atoms with Gasteiger partial charge in [-0.15, -0.1) is 0 Å². The molecule has 0 unspecified atom stereocenters. The van der Waals surface area contributed by atoms with E-state index in [9.17, 15) is 8.42 Å². The van der Waals surface area contributed by atoms with Gasteiger partial charge in [0.05, 0.1) is 5.56 Å². The highest BCUT2D eigenvalue weighted by molar-refractivity contribution is 14.1. The average Bonchev–Trinajstić information content (AvgIpc) is 2.07. The summed E-state index contributed by atoms with van der Waals surface area (Å²) in [4.78, 5) is -0.133. The molecule has 7 heteroatoms. The first-order chi connectivity index (χ1) is 6.38. The van der Waals surface area contributed by atoms with E-state index in [1.165, 1.54) is 6.07 Å². The van der Waals surface area contributed by atoms with E-state index in [0.717, 1.165) is 3.57 Å². The highest BCUT2D eigenvalue weighted by Gasteiger charge is 2.19. The molecule has 0 amide bonds. The maximum atomic E-state index is 11.1. The lowest BCUT2D eigenvalue weighted by atomic mass is 10.2. The molecule has 0 bridgehead atoms. The van der Waals surface area contributed by atoms with Crippen LogP contribution in [0.15, 0.2) is 17.0 Å². The number of rotatable bonds is 1. The summed E-state index contributed by atoms with van der Waals surface area (Å²) in [6.07, 6.45) is 0. The Bertz CT molecular complexity index is 521. The van der Waals surface area contributed by atoms with Crippen molar-refractivity contribution < 1.29 is 8.42 Å². The van der Waals surface area contributed by atoms with Gasteiger partial charge in [-0.1, -0.05) is 0 Å². The molecule has 1 rings (SSSR count). The Morgan fingerprint density at radius 3 is 2.36 bits per heavy atom. The summed E-state index contributed by atoms with van der Waals surface area (Å²) in [7, 11) is 1.34. The van der Waals surface area contributed by atoms with E-state index >= 15 is 0 Å². The van der Waals surface area contributed by atoms with Gasteiger partial charge in [0, 0.05) is 17.8 Å². The van der Waals surface area contributed by atoms with Gasteiger partial charge in [-0.3, -0.25) is 0 Å². The van der Waals surface area contributed by atoms with Crippen LogP contribution in [-0.4, -0.2) is 8.42 Å². The number of nitrogens with zero attached hydrogens (tertiary/aromatic N) is 1. The summed E-state index contributed by atoms with van der Waals surface area (Å²) in [6, 6.07) is 4.78. The fraction of sp³-hybridized carbons (Fsp3) is 0. The van der Waals surface area contributed by atoms with Crippen LogP contribution in [0.1, 0.15) is 5.56 Å². The molecule has 14 heavy (non-hydrogen) atoms. The third kappa shape index (κ3) is 2.50. The van der Waals surface area contributed by atoms with Gasteiger partial charge in [-0.2, -0.15) is 5.26 Å². The minimum Gasteiger partial charge on any atom is -0.207 e. The Hall–Kier alpha value is 0.410. The van der Waals surface area contributed by atoms with Gasteiger partial charge in [0.25, 0.3) is 9.05 Å². The minimum atomic E-state index is -3.84. The van der Waals surface area contributed by atoms with Crippen LogP contribution in [0.25, 0.3) is 0 Å². The molecule has 0 aromatic heterocycles. The van der Waals surface area contributed by atoms with Gasteiger partial charge < -0.3 is 0 Å². The second-order valence-corrected chi connectivity index (χ2v) is 7.06. The molecule has 1 aromatic rings. The van der Waals surface area contributed by atoms with Crippen molar-refractivity contribution in [1.29, 1.82) is 5.26 Å². The molecular weight excluding hydrogens is 451 g/mol. The normalized spacial score (nSPS) is 11.0. The zero-order chi connectivity index (χ0) is 10.9. The number of hydrogen-bond acceptors (Lipinski definition) is 3. The van der Waals surface area contributed by atoms with Crippen LogP contribution in [0.2, 0.25) is 0 Å². The maximum absolute atomic E-state index is 11.1. The highest BCUT2D eigenvalue weighted by Crippen LogP contribution is 2.27. The van der Waals surface area contributed by atoms with Gasteiger partial charge in [-0.05, 0) is 57.3 Å². The molecular formula is C7H2ClI2NO2S. The molecule has 0 spiro atoms. The third-order valence-electron chi connectivity index (χ3n) is 1.43. The van der Waals surface area contributed by atoms with Crippen molar-refractivity contribution in [2.24, 2.45) is 0 Å². The van der Waals surface area contributed by atoms with Crippen LogP contribution in [0.4, 0.5) is 0 Å². The maximum Gasteiger partial charge on any atom is 0.262 e. The number of halogens is 3. The third-order valence-corrected chi connectivity index (χ3v) is 5.85. The Kier molecular flexibility index (Phi) is 4.02. The second kappa shape index (κ2) is 4.51. The second-order valence-electron chi connectivity index (χ2n) is 2.28. The van der Waals surface area contributed by atoms with Gasteiger partial charge >= 0.3 is 0 Å². The largest absolute Gasteiger partial charge is 0.262 e. The fourth-order valence-corrected chi connectivity index (χ4v) is 3.07. The van der Waals surface area contributed by atoms with E-state index in [1.807, 2.05) is 51.3 Å². The van der Waals surface area contributed by atoms with Crippen LogP contribution in [0.3, 0.4) is 0 Å². The minimum absolute atomic E-state index is 0.104. The molecule has 0 N–H and O–H groups in total. The Morgan fingerprint density at radius 2 is 1.93 bits per heavy atom. The number of nitriles is 1. The molecule has 0 saturated carbocycles. The average molecular weight is 453 g/mol. The van der Waals surface area contributed by atoms with Crippen molar-refractivity contribution in [2.45, 2.75) is 4.90 Å². The molecule has 0 aliphatic carbocycles. The van der Waals surface area contributed by atoms with Gasteiger partial charge in [0.2, 0.25) is 0 Å². The van der Waals surface area contributed by atoms with Crippen molar-refractivity contribution >= 4 is 64.9 Å². The van der Waals surface area contributed by atoms with E-state index < -0.39 is 9.05 Å². The first-order valence-corrected chi connectivity index (χ1v) is 7.67. The van der Waals surface area contributed by atoms with Crippen LogP contribution >= 0.6 is 55.9 Å². The van der Waals surface area contributed by atoms with Crippen LogP contribution < -0.4 is 0 Å². The molecule has 0 radical (unpaired) electrons. The summed E-state index contributed by atoms with van der Waals surface area (Å²) in [5.74, 6) is 0. The van der Waals surface area contributed by atoms with Gasteiger partial charge in [0.1, 0.15) is 11.0 Å². The lowest BCUT2D eigenvalue weighted by Gasteiger charge is -2.03. The molecule has 74 valence electrons. The van der Waals surface area contributed by atoms with Crippen molar-refractivity contribution in [3.05, 3.63) is 24.8 Å². The predicted octanol–water partition coefficient (Wildman–Crippen LogP) is 2.69. The Morgan fingerprint density at radius 1 is 1.36 bits per heavy atom.